The Balaban J connectivity index is 2.04. The summed E-state index contributed by atoms with van der Waals surface area (Å²) in [6.45, 7) is 0. The Morgan fingerprint density at radius 1 is 1.26 bits per heavy atom. The van der Waals surface area contributed by atoms with E-state index in [4.69, 9.17) is 10.2 Å². The van der Waals surface area contributed by atoms with E-state index >= 15 is 0 Å². The van der Waals surface area contributed by atoms with Crippen LogP contribution < -0.4 is 16.4 Å². The molecule has 1 aromatic heterocycles. The third-order valence-corrected chi connectivity index (χ3v) is 2.88. The lowest BCUT2D eigenvalue weighted by Gasteiger charge is -2.00. The lowest BCUT2D eigenvalue weighted by molar-refractivity contribution is -0.120. The molecule has 1 aromatic carbocycles. The molecule has 4 amide bonds. The summed E-state index contributed by atoms with van der Waals surface area (Å²) in [6.07, 6.45) is 0. The van der Waals surface area contributed by atoms with E-state index in [0.717, 1.165) is 0 Å². The van der Waals surface area contributed by atoms with Crippen LogP contribution in [0.15, 0.2) is 28.7 Å². The maximum Gasteiger partial charge on any atom is 0.322 e. The van der Waals surface area contributed by atoms with Gasteiger partial charge >= 0.3 is 6.03 Å². The first-order valence-corrected chi connectivity index (χ1v) is 5.49. The second kappa shape index (κ2) is 3.84. The zero-order valence-electron chi connectivity index (χ0n) is 9.60. The number of furan rings is 1. The maximum absolute atomic E-state index is 11.5. The zero-order chi connectivity index (χ0) is 13.6. The molecule has 1 aliphatic heterocycles. The number of benzene rings is 1. The van der Waals surface area contributed by atoms with Crippen molar-refractivity contribution in [1.82, 2.24) is 10.6 Å². The fourth-order valence-corrected chi connectivity index (χ4v) is 1.98. The van der Waals surface area contributed by atoms with Crippen LogP contribution in [0.2, 0.25) is 0 Å². The number of nitrogens with one attached hydrogen (secondary N) is 2. The molecule has 2 aromatic rings. The SMILES string of the molecule is NC(=O)c1ccc2oc(C3NC(=O)NC3=O)cc2c1. The fraction of sp³-hybridized carbons (Fsp3) is 0.0833. The number of carbonyl (C=O) groups excluding carboxylic acids is 3. The Kier molecular flexibility index (Phi) is 2.28. The third-order valence-electron chi connectivity index (χ3n) is 2.88. The topological polar surface area (TPSA) is 114 Å². The van der Waals surface area contributed by atoms with Crippen molar-refractivity contribution >= 4 is 28.8 Å². The van der Waals surface area contributed by atoms with Gasteiger partial charge in [-0.15, -0.1) is 0 Å². The van der Waals surface area contributed by atoms with Crippen LogP contribution in [-0.4, -0.2) is 17.8 Å². The minimum Gasteiger partial charge on any atom is -0.458 e. The van der Waals surface area contributed by atoms with Gasteiger partial charge in [-0.3, -0.25) is 14.9 Å². The molecule has 0 bridgehead atoms. The molecule has 19 heavy (non-hydrogen) atoms. The number of hydrogen-bond acceptors (Lipinski definition) is 4. The van der Waals surface area contributed by atoms with Crippen molar-refractivity contribution in [1.29, 1.82) is 0 Å². The average molecular weight is 259 g/mol. The van der Waals surface area contributed by atoms with Gasteiger partial charge in [-0.2, -0.15) is 0 Å². The summed E-state index contributed by atoms with van der Waals surface area (Å²) < 4.78 is 5.48. The van der Waals surface area contributed by atoms with Crippen molar-refractivity contribution in [3.05, 3.63) is 35.6 Å². The van der Waals surface area contributed by atoms with E-state index in [0.29, 0.717) is 22.3 Å². The van der Waals surface area contributed by atoms with Crippen molar-refractivity contribution in [3.63, 3.8) is 0 Å². The van der Waals surface area contributed by atoms with E-state index < -0.39 is 23.9 Å². The zero-order valence-corrected chi connectivity index (χ0v) is 9.60. The number of imide groups is 1. The van der Waals surface area contributed by atoms with Crippen LogP contribution in [0.3, 0.4) is 0 Å². The number of fused-ring (bicyclic) bond motifs is 1. The van der Waals surface area contributed by atoms with E-state index in [1.807, 2.05) is 0 Å². The minimum absolute atomic E-state index is 0.306. The summed E-state index contributed by atoms with van der Waals surface area (Å²) in [7, 11) is 0. The highest BCUT2D eigenvalue weighted by Crippen LogP contribution is 2.26. The van der Waals surface area contributed by atoms with Gasteiger partial charge in [0.25, 0.3) is 5.91 Å². The smallest absolute Gasteiger partial charge is 0.322 e. The molecular weight excluding hydrogens is 250 g/mol. The van der Waals surface area contributed by atoms with Crippen LogP contribution >= 0.6 is 0 Å². The molecule has 1 aliphatic rings. The van der Waals surface area contributed by atoms with E-state index in [9.17, 15) is 14.4 Å². The molecule has 4 N–H and O–H groups in total. The Hall–Kier alpha value is -2.83. The average Bonchev–Trinajstić information content (AvgIpc) is 2.90. The number of urea groups is 1. The van der Waals surface area contributed by atoms with Crippen LogP contribution in [0.25, 0.3) is 11.0 Å². The second-order valence-corrected chi connectivity index (χ2v) is 4.16. The van der Waals surface area contributed by atoms with Crippen LogP contribution in [0.4, 0.5) is 4.79 Å². The highest BCUT2D eigenvalue weighted by molar-refractivity contribution is 6.04. The molecular formula is C12H9N3O4. The number of amides is 4. The molecule has 3 rings (SSSR count). The molecule has 0 saturated carbocycles. The summed E-state index contributed by atoms with van der Waals surface area (Å²) in [6, 6.07) is 4.88. The quantitative estimate of drug-likeness (QED) is 0.677. The molecule has 0 spiro atoms. The van der Waals surface area contributed by atoms with E-state index in [-0.39, 0.29) is 0 Å². The summed E-state index contributed by atoms with van der Waals surface area (Å²) in [5.41, 5.74) is 6.04. The van der Waals surface area contributed by atoms with Gasteiger partial charge in [0.1, 0.15) is 11.3 Å². The van der Waals surface area contributed by atoms with Crippen molar-refractivity contribution in [3.8, 4) is 0 Å². The molecule has 0 aliphatic carbocycles. The monoisotopic (exact) mass is 259 g/mol. The van der Waals surface area contributed by atoms with Crippen molar-refractivity contribution in [2.75, 3.05) is 0 Å². The van der Waals surface area contributed by atoms with E-state index in [1.54, 1.807) is 18.2 Å². The van der Waals surface area contributed by atoms with Crippen molar-refractivity contribution in [2.24, 2.45) is 5.73 Å². The summed E-state index contributed by atoms with van der Waals surface area (Å²) in [4.78, 5) is 33.6. The molecule has 1 saturated heterocycles. The van der Waals surface area contributed by atoms with Gasteiger partial charge in [-0.1, -0.05) is 0 Å². The molecule has 96 valence electrons. The third kappa shape index (κ3) is 1.81. The molecule has 0 radical (unpaired) electrons. The molecule has 7 heteroatoms. The summed E-state index contributed by atoms with van der Waals surface area (Å²) >= 11 is 0. The molecule has 7 nitrogen and oxygen atoms in total. The molecule has 1 unspecified atom stereocenters. The predicted molar refractivity (Wildman–Crippen MR) is 64.1 cm³/mol. The number of nitrogens with two attached hydrogens (primary N) is 1. The Labute approximate surface area is 106 Å². The lowest BCUT2D eigenvalue weighted by Crippen LogP contribution is -2.22. The maximum atomic E-state index is 11.5. The Morgan fingerprint density at radius 2 is 2.05 bits per heavy atom. The van der Waals surface area contributed by atoms with Crippen LogP contribution in [-0.2, 0) is 4.79 Å². The first-order chi connectivity index (χ1) is 9.04. The van der Waals surface area contributed by atoms with E-state index in [1.165, 1.54) is 6.07 Å². The number of rotatable bonds is 2. The fourth-order valence-electron chi connectivity index (χ4n) is 1.98. The van der Waals surface area contributed by atoms with Gasteiger partial charge in [0, 0.05) is 10.9 Å². The minimum atomic E-state index is -0.850. The van der Waals surface area contributed by atoms with Gasteiger partial charge in [0.15, 0.2) is 6.04 Å². The summed E-state index contributed by atoms with van der Waals surface area (Å²) in [5, 5.41) is 5.19. The van der Waals surface area contributed by atoms with Crippen LogP contribution in [0, 0.1) is 0 Å². The standard InChI is InChI=1S/C12H9N3O4/c13-10(16)5-1-2-7-6(3-5)4-8(19-7)9-11(17)15-12(18)14-9/h1-4,9H,(H2,13,16)(H2,14,15,17,18). The highest BCUT2D eigenvalue weighted by atomic mass is 16.3. The van der Waals surface area contributed by atoms with Gasteiger partial charge in [0.05, 0.1) is 0 Å². The van der Waals surface area contributed by atoms with Crippen molar-refractivity contribution in [2.45, 2.75) is 6.04 Å². The first kappa shape index (κ1) is 11.3. The largest absolute Gasteiger partial charge is 0.458 e. The normalized spacial score (nSPS) is 18.4. The van der Waals surface area contributed by atoms with E-state index in [2.05, 4.69) is 10.6 Å². The van der Waals surface area contributed by atoms with Crippen LogP contribution in [0.5, 0.6) is 0 Å². The van der Waals surface area contributed by atoms with Gasteiger partial charge in [0.2, 0.25) is 5.91 Å². The van der Waals surface area contributed by atoms with Gasteiger partial charge in [-0.05, 0) is 24.3 Å². The second-order valence-electron chi connectivity index (χ2n) is 4.16. The summed E-state index contributed by atoms with van der Waals surface area (Å²) in [5.74, 6) is -0.712. The Bertz CT molecular complexity index is 719. The van der Waals surface area contributed by atoms with Gasteiger partial charge < -0.3 is 15.5 Å². The number of hydrogen-bond donors (Lipinski definition) is 3. The molecule has 1 fully saturated rings. The van der Waals surface area contributed by atoms with Gasteiger partial charge in [-0.25, -0.2) is 4.79 Å². The predicted octanol–water partition coefficient (Wildman–Crippen LogP) is 0.412. The number of carbonyl (C=O) groups is 3. The molecule has 2 heterocycles. The molecule has 1 atom stereocenters. The van der Waals surface area contributed by atoms with Crippen molar-refractivity contribution < 1.29 is 18.8 Å². The Morgan fingerprint density at radius 3 is 2.68 bits per heavy atom. The number of primary amides is 1. The highest BCUT2D eigenvalue weighted by Gasteiger charge is 2.33. The lowest BCUT2D eigenvalue weighted by atomic mass is 10.1. The van der Waals surface area contributed by atoms with Crippen LogP contribution in [0.1, 0.15) is 22.2 Å². The first-order valence-electron chi connectivity index (χ1n) is 5.49.